The van der Waals surface area contributed by atoms with Gasteiger partial charge in [-0.3, -0.25) is 0 Å². The van der Waals surface area contributed by atoms with Gasteiger partial charge in [-0.2, -0.15) is 5.10 Å². The molecule has 3 N–H and O–H groups in total. The summed E-state index contributed by atoms with van der Waals surface area (Å²) in [5.41, 5.74) is 8.57. The molecule has 6 nitrogen and oxygen atoms in total. The van der Waals surface area contributed by atoms with Crippen molar-refractivity contribution in [3.8, 4) is 0 Å². The number of hydrogen-bond acceptors (Lipinski definition) is 5. The Labute approximate surface area is 104 Å². The lowest BCUT2D eigenvalue weighted by Gasteiger charge is -2.02. The van der Waals surface area contributed by atoms with Crippen molar-refractivity contribution in [2.75, 3.05) is 0 Å². The van der Waals surface area contributed by atoms with Gasteiger partial charge in [-0.15, -0.1) is 5.11 Å². The van der Waals surface area contributed by atoms with Crippen molar-refractivity contribution in [3.63, 3.8) is 0 Å². The van der Waals surface area contributed by atoms with Crippen molar-refractivity contribution in [1.82, 2.24) is 9.97 Å². The number of nitrogens with two attached hydrogens (primary N) is 1. The molecule has 0 atom stereocenters. The molecule has 0 amide bonds. The van der Waals surface area contributed by atoms with E-state index in [4.69, 9.17) is 11.4 Å². The fourth-order valence-corrected chi connectivity index (χ4v) is 1.71. The van der Waals surface area contributed by atoms with Crippen LogP contribution in [0.3, 0.4) is 0 Å². The highest BCUT2D eigenvalue weighted by atomic mass is 15.2. The Hall–Kier alpha value is -2.37. The SMILES string of the molecule is N=N/C(CCCc1ccc2cccnc2n1)=N\N. The van der Waals surface area contributed by atoms with Gasteiger partial charge in [-0.05, 0) is 37.1 Å². The van der Waals surface area contributed by atoms with Crippen LogP contribution in [0.1, 0.15) is 18.5 Å². The number of aromatic nitrogens is 2. The van der Waals surface area contributed by atoms with E-state index in [9.17, 15) is 0 Å². The number of amidine groups is 1. The molecule has 18 heavy (non-hydrogen) atoms. The summed E-state index contributed by atoms with van der Waals surface area (Å²) in [6.45, 7) is 0. The van der Waals surface area contributed by atoms with Crippen molar-refractivity contribution in [1.29, 1.82) is 5.53 Å². The van der Waals surface area contributed by atoms with Gasteiger partial charge < -0.3 is 5.84 Å². The van der Waals surface area contributed by atoms with Crippen LogP contribution in [0.5, 0.6) is 0 Å². The molecule has 0 saturated heterocycles. The number of hydrazone groups is 1. The Morgan fingerprint density at radius 1 is 1.33 bits per heavy atom. The largest absolute Gasteiger partial charge is 0.321 e. The van der Waals surface area contributed by atoms with Crippen LogP contribution in [-0.4, -0.2) is 15.8 Å². The lowest BCUT2D eigenvalue weighted by Crippen LogP contribution is -2.00. The summed E-state index contributed by atoms with van der Waals surface area (Å²) < 4.78 is 0. The van der Waals surface area contributed by atoms with Crippen LogP contribution in [-0.2, 0) is 6.42 Å². The Balaban J connectivity index is 2.02. The molecule has 2 aromatic rings. The fraction of sp³-hybridized carbons (Fsp3) is 0.250. The molecule has 92 valence electrons. The van der Waals surface area contributed by atoms with Crippen LogP contribution in [0.25, 0.3) is 11.0 Å². The van der Waals surface area contributed by atoms with E-state index in [-0.39, 0.29) is 0 Å². The summed E-state index contributed by atoms with van der Waals surface area (Å²) in [6, 6.07) is 7.87. The number of pyridine rings is 2. The Kier molecular flexibility index (Phi) is 3.90. The minimum atomic E-state index is 0.355. The molecular formula is C12H14N6. The highest BCUT2D eigenvalue weighted by molar-refractivity contribution is 5.81. The Morgan fingerprint density at radius 2 is 2.22 bits per heavy atom. The van der Waals surface area contributed by atoms with Crippen molar-refractivity contribution in [3.05, 3.63) is 36.2 Å². The molecule has 0 saturated carbocycles. The van der Waals surface area contributed by atoms with Gasteiger partial charge >= 0.3 is 0 Å². The van der Waals surface area contributed by atoms with Gasteiger partial charge in [0.1, 0.15) is 0 Å². The molecule has 0 radical (unpaired) electrons. The third kappa shape index (κ3) is 2.85. The predicted molar refractivity (Wildman–Crippen MR) is 69.2 cm³/mol. The molecule has 0 aliphatic rings. The van der Waals surface area contributed by atoms with Gasteiger partial charge in [0.25, 0.3) is 0 Å². The molecule has 0 fully saturated rings. The minimum absolute atomic E-state index is 0.355. The molecule has 0 aromatic carbocycles. The van der Waals surface area contributed by atoms with Gasteiger partial charge in [-0.25, -0.2) is 15.5 Å². The first-order chi connectivity index (χ1) is 8.83. The number of nitrogens with zero attached hydrogens (tertiary/aromatic N) is 4. The lowest BCUT2D eigenvalue weighted by atomic mass is 10.1. The highest BCUT2D eigenvalue weighted by Gasteiger charge is 2.01. The van der Waals surface area contributed by atoms with E-state index < -0.39 is 0 Å². The Morgan fingerprint density at radius 3 is 3.00 bits per heavy atom. The molecule has 6 heteroatoms. The van der Waals surface area contributed by atoms with Crippen molar-refractivity contribution in [2.45, 2.75) is 19.3 Å². The highest BCUT2D eigenvalue weighted by Crippen LogP contribution is 2.11. The summed E-state index contributed by atoms with van der Waals surface area (Å²) in [6.07, 6.45) is 3.92. The molecule has 0 aliphatic heterocycles. The summed E-state index contributed by atoms with van der Waals surface area (Å²) >= 11 is 0. The monoisotopic (exact) mass is 242 g/mol. The van der Waals surface area contributed by atoms with Crippen LogP contribution >= 0.6 is 0 Å². The topological polar surface area (TPSA) is 100 Å². The third-order valence-corrected chi connectivity index (χ3v) is 2.63. The van der Waals surface area contributed by atoms with Gasteiger partial charge in [-0.1, -0.05) is 0 Å². The van der Waals surface area contributed by atoms with Crippen LogP contribution in [0.15, 0.2) is 40.7 Å². The van der Waals surface area contributed by atoms with E-state index in [0.29, 0.717) is 12.3 Å². The predicted octanol–water partition coefficient (Wildman–Crippen LogP) is 2.26. The van der Waals surface area contributed by atoms with Gasteiger partial charge in [0.15, 0.2) is 11.5 Å². The van der Waals surface area contributed by atoms with E-state index >= 15 is 0 Å². The van der Waals surface area contributed by atoms with E-state index in [2.05, 4.69) is 20.2 Å². The average molecular weight is 242 g/mol. The normalized spacial score (nSPS) is 11.7. The van der Waals surface area contributed by atoms with Crippen LogP contribution < -0.4 is 5.84 Å². The molecule has 0 bridgehead atoms. The lowest BCUT2D eigenvalue weighted by molar-refractivity contribution is 0.828. The molecule has 0 unspecified atom stereocenters. The van der Waals surface area contributed by atoms with E-state index in [1.165, 1.54) is 0 Å². The molecule has 0 spiro atoms. The van der Waals surface area contributed by atoms with Gasteiger partial charge in [0.2, 0.25) is 0 Å². The molecule has 2 rings (SSSR count). The first-order valence-corrected chi connectivity index (χ1v) is 5.68. The van der Waals surface area contributed by atoms with Crippen LogP contribution in [0, 0.1) is 5.53 Å². The second kappa shape index (κ2) is 5.81. The quantitative estimate of drug-likeness (QED) is 0.282. The summed E-state index contributed by atoms with van der Waals surface area (Å²) in [4.78, 5) is 8.68. The number of nitrogens with one attached hydrogen (secondary N) is 1. The number of hydrogen-bond donors (Lipinski definition) is 2. The maximum Gasteiger partial charge on any atom is 0.169 e. The van der Waals surface area contributed by atoms with Crippen LogP contribution in [0.2, 0.25) is 0 Å². The van der Waals surface area contributed by atoms with Crippen molar-refractivity contribution in [2.24, 2.45) is 16.1 Å². The number of aryl methyl sites for hydroxylation is 1. The smallest absolute Gasteiger partial charge is 0.169 e. The second-order valence-corrected chi connectivity index (χ2v) is 3.86. The summed E-state index contributed by atoms with van der Waals surface area (Å²) in [7, 11) is 0. The molecule has 0 aliphatic carbocycles. The first-order valence-electron chi connectivity index (χ1n) is 5.68. The van der Waals surface area contributed by atoms with E-state index in [1.807, 2.05) is 24.3 Å². The second-order valence-electron chi connectivity index (χ2n) is 3.86. The zero-order chi connectivity index (χ0) is 12.8. The van der Waals surface area contributed by atoms with Crippen molar-refractivity contribution < 1.29 is 0 Å². The molecule has 2 aromatic heterocycles. The van der Waals surface area contributed by atoms with Gasteiger partial charge in [0, 0.05) is 23.7 Å². The number of rotatable bonds is 4. The van der Waals surface area contributed by atoms with E-state index in [0.717, 1.165) is 29.6 Å². The summed E-state index contributed by atoms with van der Waals surface area (Å²) in [5.74, 6) is 5.44. The standard InChI is InChI=1S/C12H14N6/c13-17-11(18-14)5-1-4-10-7-6-9-3-2-8-15-12(9)16-10/h2-3,6-8,13H,1,4-5,14H2/b17-13?,18-11-. The maximum absolute atomic E-state index is 6.84. The first kappa shape index (κ1) is 12.1. The average Bonchev–Trinajstić information content (AvgIpc) is 2.43. The maximum atomic E-state index is 6.84. The van der Waals surface area contributed by atoms with E-state index in [1.54, 1.807) is 6.20 Å². The van der Waals surface area contributed by atoms with Gasteiger partial charge in [0.05, 0.1) is 0 Å². The Bertz CT molecular complexity index is 578. The molecule has 2 heterocycles. The van der Waals surface area contributed by atoms with Crippen molar-refractivity contribution >= 4 is 16.9 Å². The zero-order valence-electron chi connectivity index (χ0n) is 9.87. The zero-order valence-corrected chi connectivity index (χ0v) is 9.87. The summed E-state index contributed by atoms with van der Waals surface area (Å²) in [5, 5.41) is 7.68. The third-order valence-electron chi connectivity index (χ3n) is 2.63. The minimum Gasteiger partial charge on any atom is -0.321 e. The van der Waals surface area contributed by atoms with Crippen LogP contribution in [0.4, 0.5) is 0 Å². The molecular weight excluding hydrogens is 228 g/mol. The fourth-order valence-electron chi connectivity index (χ4n) is 1.71. The number of fused-ring (bicyclic) bond motifs is 1.